The average molecular weight is 353 g/mol. The van der Waals surface area contributed by atoms with E-state index in [-0.39, 0.29) is 16.1 Å². The lowest BCUT2D eigenvalue weighted by Gasteiger charge is -2.34. The Morgan fingerprint density at radius 3 is 2.04 bits per heavy atom. The summed E-state index contributed by atoms with van der Waals surface area (Å²) in [6.45, 7) is 0.915. The normalized spacial score (nSPS) is 24.6. The van der Waals surface area contributed by atoms with Gasteiger partial charge in [0.05, 0.1) is 5.22 Å². The number of allylic oxidation sites excluding steroid dienone is 2. The molecule has 0 bridgehead atoms. The second-order valence-corrected chi connectivity index (χ2v) is 10.3. The lowest BCUT2D eigenvalue weighted by Crippen LogP contribution is -2.33. The van der Waals surface area contributed by atoms with E-state index in [1.807, 2.05) is 0 Å². The number of benzene rings is 2. The van der Waals surface area contributed by atoms with Crippen LogP contribution in [0, 0.1) is 0 Å². The van der Waals surface area contributed by atoms with Crippen molar-refractivity contribution in [2.75, 3.05) is 6.61 Å². The maximum Gasteiger partial charge on any atom is 0.0723 e. The summed E-state index contributed by atoms with van der Waals surface area (Å²) in [5.74, 6) is 0. The largest absolute Gasteiger partial charge is 0.375 e. The number of hydrogen-bond donors (Lipinski definition) is 1. The fourth-order valence-electron chi connectivity index (χ4n) is 3.51. The highest BCUT2D eigenvalue weighted by atomic mass is 32.2. The second-order valence-electron chi connectivity index (χ2n) is 6.75. The molecule has 0 spiro atoms. The second kappa shape index (κ2) is 6.75. The van der Waals surface area contributed by atoms with E-state index in [1.54, 1.807) is 0 Å². The Bertz CT molecular complexity index is 743. The van der Waals surface area contributed by atoms with Gasteiger partial charge in [-0.2, -0.15) is 10.9 Å². The van der Waals surface area contributed by atoms with Crippen molar-refractivity contribution in [3.63, 3.8) is 0 Å². The summed E-state index contributed by atoms with van der Waals surface area (Å²) in [4.78, 5) is 1.42. The first kappa shape index (κ1) is 15.9. The standard InChI is InChI=1S/C21H24OSSi/c24-21(13-1-2-14-22-21)19-9-5-17(6-10-19)18-7-11-20(12-8-18)23-15-3-4-16-23/h3-12,15-16,23H,1-2,13-14H2,24H3. The van der Waals surface area contributed by atoms with Gasteiger partial charge < -0.3 is 4.74 Å². The van der Waals surface area contributed by atoms with Crippen molar-refractivity contribution in [3.05, 3.63) is 77.1 Å². The Hall–Kier alpha value is -1.55. The van der Waals surface area contributed by atoms with Crippen LogP contribution in [0.25, 0.3) is 11.1 Å². The van der Waals surface area contributed by atoms with Gasteiger partial charge in [0.25, 0.3) is 0 Å². The topological polar surface area (TPSA) is 9.23 Å². The van der Waals surface area contributed by atoms with Crippen LogP contribution < -0.4 is 0 Å². The highest BCUT2D eigenvalue weighted by Crippen LogP contribution is 2.42. The summed E-state index contributed by atoms with van der Waals surface area (Å²) in [5.41, 5.74) is 3.94. The van der Waals surface area contributed by atoms with Crippen molar-refractivity contribution in [3.8, 4) is 11.1 Å². The minimum absolute atomic E-state index is 0.0321. The van der Waals surface area contributed by atoms with Crippen LogP contribution in [0.2, 0.25) is 0 Å². The van der Waals surface area contributed by atoms with Gasteiger partial charge >= 0.3 is 0 Å². The van der Waals surface area contributed by atoms with E-state index in [2.05, 4.69) is 71.5 Å². The Labute approximate surface area is 150 Å². The molecule has 0 N–H and O–H groups in total. The SMILES string of the molecule is [SiH3]C1(c2ccc(-c3ccc([SH]4C=CC=C4)cc3)cc2)CCCCO1. The van der Waals surface area contributed by atoms with Crippen LogP contribution >= 0.6 is 10.9 Å². The van der Waals surface area contributed by atoms with Crippen LogP contribution in [0.3, 0.4) is 0 Å². The maximum atomic E-state index is 6.12. The highest BCUT2D eigenvalue weighted by molar-refractivity contribution is 8.22. The molecule has 3 heteroatoms. The van der Waals surface area contributed by atoms with E-state index in [0.29, 0.717) is 0 Å². The number of rotatable bonds is 3. The molecule has 1 unspecified atom stereocenters. The predicted molar refractivity (Wildman–Crippen MR) is 109 cm³/mol. The first-order chi connectivity index (χ1) is 11.7. The number of ether oxygens (including phenoxy) is 1. The van der Waals surface area contributed by atoms with Crippen molar-refractivity contribution in [1.82, 2.24) is 0 Å². The summed E-state index contributed by atoms with van der Waals surface area (Å²) in [6, 6.07) is 18.1. The van der Waals surface area contributed by atoms with Crippen LogP contribution in [0.4, 0.5) is 0 Å². The molecule has 2 aromatic rings. The third kappa shape index (κ3) is 3.16. The van der Waals surface area contributed by atoms with Crippen LogP contribution in [-0.4, -0.2) is 16.8 Å². The van der Waals surface area contributed by atoms with Crippen molar-refractivity contribution in [2.24, 2.45) is 0 Å². The number of hydrogen-bond acceptors (Lipinski definition) is 1. The molecule has 2 heterocycles. The fourth-order valence-corrected chi connectivity index (χ4v) is 5.91. The van der Waals surface area contributed by atoms with E-state index < -0.39 is 0 Å². The molecule has 2 aromatic carbocycles. The Morgan fingerprint density at radius 2 is 1.46 bits per heavy atom. The van der Waals surface area contributed by atoms with Crippen molar-refractivity contribution in [2.45, 2.75) is 29.4 Å². The molecule has 0 saturated carbocycles. The molecular formula is C21H24OSSi. The van der Waals surface area contributed by atoms with Crippen molar-refractivity contribution < 1.29 is 4.74 Å². The monoisotopic (exact) mass is 352 g/mol. The molecular weight excluding hydrogens is 328 g/mol. The smallest absolute Gasteiger partial charge is 0.0723 e. The summed E-state index contributed by atoms with van der Waals surface area (Å²) in [7, 11) is 0.840. The van der Waals surface area contributed by atoms with Gasteiger partial charge in [-0.25, -0.2) is 0 Å². The van der Waals surface area contributed by atoms with Gasteiger partial charge in [0.1, 0.15) is 0 Å². The molecule has 24 heavy (non-hydrogen) atoms. The van der Waals surface area contributed by atoms with Crippen LogP contribution in [0.5, 0.6) is 0 Å². The van der Waals surface area contributed by atoms with Crippen LogP contribution in [0.1, 0.15) is 24.8 Å². The van der Waals surface area contributed by atoms with E-state index >= 15 is 0 Å². The zero-order valence-electron chi connectivity index (χ0n) is 14.1. The molecule has 0 radical (unpaired) electrons. The van der Waals surface area contributed by atoms with E-state index in [4.69, 9.17) is 4.74 Å². The van der Waals surface area contributed by atoms with E-state index in [1.165, 1.54) is 40.8 Å². The van der Waals surface area contributed by atoms with Crippen molar-refractivity contribution >= 4 is 21.1 Å². The van der Waals surface area contributed by atoms with Gasteiger partial charge in [-0.15, -0.1) is 0 Å². The lowest BCUT2D eigenvalue weighted by molar-refractivity contribution is -0.0210. The first-order valence-corrected chi connectivity index (χ1v) is 11.2. The summed E-state index contributed by atoms with van der Waals surface area (Å²) in [6.07, 6.45) is 7.98. The summed E-state index contributed by atoms with van der Waals surface area (Å²) < 4.78 is 6.12. The molecule has 1 atom stereocenters. The highest BCUT2D eigenvalue weighted by Gasteiger charge is 2.29. The first-order valence-electron chi connectivity index (χ1n) is 8.73. The molecule has 4 rings (SSSR count). The zero-order valence-corrected chi connectivity index (χ0v) is 17.0. The Kier molecular flexibility index (Phi) is 4.48. The summed E-state index contributed by atoms with van der Waals surface area (Å²) in [5, 5.41) is 4.63. The van der Waals surface area contributed by atoms with Crippen LogP contribution in [-0.2, 0) is 9.96 Å². The molecule has 1 nitrogen and oxygen atoms in total. The van der Waals surface area contributed by atoms with Gasteiger partial charge in [-0.3, -0.25) is 0 Å². The minimum Gasteiger partial charge on any atom is -0.375 e. The zero-order chi connectivity index (χ0) is 16.4. The fraction of sp³-hybridized carbons (Fsp3) is 0.238. The molecule has 124 valence electrons. The minimum atomic E-state index is -0.215. The molecule has 2 aliphatic heterocycles. The van der Waals surface area contributed by atoms with Gasteiger partial charge in [0.15, 0.2) is 0 Å². The molecule has 0 amide bonds. The molecule has 0 aromatic heterocycles. The summed E-state index contributed by atoms with van der Waals surface area (Å²) >= 11 is 0. The Morgan fingerprint density at radius 1 is 0.833 bits per heavy atom. The van der Waals surface area contributed by atoms with Gasteiger partial charge in [0.2, 0.25) is 0 Å². The Balaban J connectivity index is 1.54. The molecule has 1 fully saturated rings. The van der Waals surface area contributed by atoms with Gasteiger partial charge in [-0.1, -0.05) is 48.6 Å². The van der Waals surface area contributed by atoms with Crippen molar-refractivity contribution in [1.29, 1.82) is 0 Å². The lowest BCUT2D eigenvalue weighted by atomic mass is 9.97. The predicted octanol–water partition coefficient (Wildman–Crippen LogP) is 4.47. The quantitative estimate of drug-likeness (QED) is 0.633. The van der Waals surface area contributed by atoms with E-state index in [0.717, 1.165) is 16.8 Å². The maximum absolute atomic E-state index is 6.12. The third-order valence-electron chi connectivity index (χ3n) is 5.07. The van der Waals surface area contributed by atoms with E-state index in [9.17, 15) is 0 Å². The van der Waals surface area contributed by atoms with Gasteiger partial charge in [-0.05, 0) is 63.8 Å². The third-order valence-corrected chi connectivity index (χ3v) is 8.31. The van der Waals surface area contributed by atoms with Gasteiger partial charge in [0, 0.05) is 16.8 Å². The van der Waals surface area contributed by atoms with Crippen LogP contribution in [0.15, 0.2) is 76.4 Å². The molecule has 0 aliphatic carbocycles. The molecule has 1 saturated heterocycles. The average Bonchev–Trinajstić information content (AvgIpc) is 3.17. The molecule has 2 aliphatic rings. The number of thiol groups is 1.